The Labute approximate surface area is 150 Å². The van der Waals surface area contributed by atoms with Gasteiger partial charge in [-0.15, -0.1) is 11.3 Å². The van der Waals surface area contributed by atoms with E-state index in [0.29, 0.717) is 13.0 Å². The van der Waals surface area contributed by atoms with Crippen molar-refractivity contribution >= 4 is 23.1 Å². The summed E-state index contributed by atoms with van der Waals surface area (Å²) in [7, 11) is 1.66. The summed E-state index contributed by atoms with van der Waals surface area (Å²) in [6.07, 6.45) is 5.37. The Hall–Kier alpha value is -2.22. The molecule has 0 spiro atoms. The van der Waals surface area contributed by atoms with Crippen molar-refractivity contribution in [2.45, 2.75) is 38.6 Å². The summed E-state index contributed by atoms with van der Waals surface area (Å²) in [5.41, 5.74) is -0.120. The van der Waals surface area contributed by atoms with Crippen molar-refractivity contribution in [3.63, 3.8) is 0 Å². The molecule has 3 rings (SSSR count). The second-order valence-corrected chi connectivity index (χ2v) is 7.64. The number of nitrogens with zero attached hydrogens (tertiary/aromatic N) is 4. The van der Waals surface area contributed by atoms with Crippen LogP contribution in [0.15, 0.2) is 23.1 Å². The van der Waals surface area contributed by atoms with Crippen molar-refractivity contribution in [3.8, 4) is 0 Å². The number of carbonyl (C=O) groups is 1. The van der Waals surface area contributed by atoms with Crippen molar-refractivity contribution in [1.82, 2.24) is 20.1 Å². The molecule has 3 heterocycles. The van der Waals surface area contributed by atoms with Crippen molar-refractivity contribution in [1.29, 1.82) is 0 Å². The van der Waals surface area contributed by atoms with Gasteiger partial charge in [0.15, 0.2) is 0 Å². The summed E-state index contributed by atoms with van der Waals surface area (Å²) < 4.78 is 1.35. The average Bonchev–Trinajstić information content (AvgIpc) is 3.00. The van der Waals surface area contributed by atoms with Crippen LogP contribution in [0.4, 0.5) is 5.82 Å². The number of nitrogens with one attached hydrogen (secondary N) is 1. The van der Waals surface area contributed by atoms with Crippen LogP contribution in [0.3, 0.4) is 0 Å². The number of hydrogen-bond donors (Lipinski definition) is 1. The molecule has 2 aromatic rings. The van der Waals surface area contributed by atoms with E-state index in [1.165, 1.54) is 4.68 Å². The van der Waals surface area contributed by atoms with Crippen molar-refractivity contribution in [2.24, 2.45) is 7.05 Å². The lowest BCUT2D eigenvalue weighted by molar-refractivity contribution is -0.120. The number of piperidine rings is 1. The smallest absolute Gasteiger partial charge is 0.266 e. The summed E-state index contributed by atoms with van der Waals surface area (Å²) in [5.74, 6) is 0.807. The molecule has 0 bridgehead atoms. The summed E-state index contributed by atoms with van der Waals surface area (Å²) in [6, 6.07) is 3.51. The monoisotopic (exact) mass is 361 g/mol. The molecule has 0 aliphatic carbocycles. The van der Waals surface area contributed by atoms with Gasteiger partial charge in [0.2, 0.25) is 5.91 Å². The lowest BCUT2D eigenvalue weighted by atomic mass is 10.0. The van der Waals surface area contributed by atoms with E-state index in [-0.39, 0.29) is 17.5 Å². The third-order valence-corrected chi connectivity index (χ3v) is 5.32. The molecule has 0 saturated carbocycles. The molecule has 25 heavy (non-hydrogen) atoms. The Kier molecular flexibility index (Phi) is 5.47. The Morgan fingerprint density at radius 1 is 1.40 bits per heavy atom. The maximum Gasteiger partial charge on any atom is 0.266 e. The van der Waals surface area contributed by atoms with E-state index in [0.717, 1.165) is 41.5 Å². The molecule has 0 aromatic carbocycles. The first kappa shape index (κ1) is 17.6. The standard InChI is InChI=1S/C17H23N5O2S/c1-12-18-11-14(25-12)9-16(23)19-10-13-5-3-4-8-22(13)15-6-7-17(24)21(2)20-15/h6-7,11,13H,3-5,8-10H2,1-2H3,(H,19,23). The Bertz CT molecular complexity index is 800. The molecule has 0 radical (unpaired) electrons. The highest BCUT2D eigenvalue weighted by Crippen LogP contribution is 2.22. The van der Waals surface area contributed by atoms with Crippen molar-refractivity contribution < 1.29 is 4.79 Å². The minimum atomic E-state index is -0.120. The topological polar surface area (TPSA) is 80.1 Å². The van der Waals surface area contributed by atoms with Crippen LogP contribution in [0.5, 0.6) is 0 Å². The largest absolute Gasteiger partial charge is 0.354 e. The highest BCUT2D eigenvalue weighted by molar-refractivity contribution is 7.11. The van der Waals surface area contributed by atoms with Crippen LogP contribution >= 0.6 is 11.3 Å². The van der Waals surface area contributed by atoms with Crippen molar-refractivity contribution in [2.75, 3.05) is 18.0 Å². The van der Waals surface area contributed by atoms with Gasteiger partial charge in [-0.05, 0) is 32.3 Å². The molecule has 1 N–H and O–H groups in total. The van der Waals surface area contributed by atoms with E-state index in [4.69, 9.17) is 0 Å². The summed E-state index contributed by atoms with van der Waals surface area (Å²) in [5, 5.41) is 8.37. The minimum absolute atomic E-state index is 0.0163. The number of thiazole rings is 1. The van der Waals surface area contributed by atoms with E-state index < -0.39 is 0 Å². The lowest BCUT2D eigenvalue weighted by Crippen LogP contribution is -2.47. The Morgan fingerprint density at radius 3 is 2.96 bits per heavy atom. The van der Waals surface area contributed by atoms with Gasteiger partial charge in [0.05, 0.1) is 11.4 Å². The van der Waals surface area contributed by atoms with Gasteiger partial charge in [0, 0.05) is 43.3 Å². The molecular formula is C17H23N5O2S. The van der Waals surface area contributed by atoms with Gasteiger partial charge < -0.3 is 10.2 Å². The summed E-state index contributed by atoms with van der Waals surface area (Å²) in [4.78, 5) is 31.1. The normalized spacial score (nSPS) is 17.5. The fourth-order valence-electron chi connectivity index (χ4n) is 3.10. The van der Waals surface area contributed by atoms with E-state index in [2.05, 4.69) is 20.3 Å². The molecule has 1 atom stereocenters. The molecule has 1 saturated heterocycles. The highest BCUT2D eigenvalue weighted by atomic mass is 32.1. The molecule has 2 aromatic heterocycles. The third-order valence-electron chi connectivity index (χ3n) is 4.41. The van der Waals surface area contributed by atoms with Gasteiger partial charge in [0.1, 0.15) is 5.82 Å². The molecule has 7 nitrogen and oxygen atoms in total. The van der Waals surface area contributed by atoms with Gasteiger partial charge in [-0.25, -0.2) is 9.67 Å². The Morgan fingerprint density at radius 2 is 2.24 bits per heavy atom. The lowest BCUT2D eigenvalue weighted by Gasteiger charge is -2.36. The fraction of sp³-hybridized carbons (Fsp3) is 0.529. The second-order valence-electron chi connectivity index (χ2n) is 6.32. The minimum Gasteiger partial charge on any atom is -0.354 e. The first-order chi connectivity index (χ1) is 12.0. The molecule has 1 fully saturated rings. The van der Waals surface area contributed by atoms with Crippen LogP contribution in [0.25, 0.3) is 0 Å². The molecule has 8 heteroatoms. The first-order valence-corrected chi connectivity index (χ1v) is 9.33. The van der Waals surface area contributed by atoms with Crippen molar-refractivity contribution in [3.05, 3.63) is 38.6 Å². The van der Waals surface area contributed by atoms with E-state index in [9.17, 15) is 9.59 Å². The summed E-state index contributed by atoms with van der Waals surface area (Å²) >= 11 is 1.55. The average molecular weight is 361 g/mol. The van der Waals surface area contributed by atoms with Gasteiger partial charge in [-0.2, -0.15) is 5.10 Å². The van der Waals surface area contributed by atoms with Gasteiger partial charge in [-0.1, -0.05) is 0 Å². The number of carbonyl (C=O) groups excluding carboxylic acids is 1. The highest BCUT2D eigenvalue weighted by Gasteiger charge is 2.24. The molecule has 134 valence electrons. The number of anilines is 1. The predicted octanol–water partition coefficient (Wildman–Crippen LogP) is 1.26. The second kappa shape index (κ2) is 7.77. The Balaban J connectivity index is 1.61. The number of hydrogen-bond acceptors (Lipinski definition) is 6. The van der Waals surface area contributed by atoms with Gasteiger partial charge in [-0.3, -0.25) is 9.59 Å². The fourth-order valence-corrected chi connectivity index (χ4v) is 3.89. The molecule has 1 amide bonds. The molecule has 1 aliphatic rings. The van der Waals surface area contributed by atoms with Crippen LogP contribution in [0.2, 0.25) is 0 Å². The summed E-state index contributed by atoms with van der Waals surface area (Å²) in [6.45, 7) is 3.41. The third kappa shape index (κ3) is 4.45. The van der Waals surface area contributed by atoms with E-state index >= 15 is 0 Å². The molecular weight excluding hydrogens is 338 g/mol. The predicted molar refractivity (Wildman–Crippen MR) is 98.0 cm³/mol. The van der Waals surface area contributed by atoms with Crippen LogP contribution in [-0.2, 0) is 18.3 Å². The van der Waals surface area contributed by atoms with Crippen LogP contribution < -0.4 is 15.8 Å². The van der Waals surface area contributed by atoms with Crippen LogP contribution in [0, 0.1) is 6.92 Å². The maximum atomic E-state index is 12.2. The van der Waals surface area contributed by atoms with Gasteiger partial charge in [0.25, 0.3) is 5.56 Å². The number of rotatable bonds is 5. The number of aryl methyl sites for hydroxylation is 2. The number of amides is 1. The zero-order chi connectivity index (χ0) is 17.8. The van der Waals surface area contributed by atoms with Crippen LogP contribution in [0.1, 0.15) is 29.1 Å². The maximum absolute atomic E-state index is 12.2. The zero-order valence-corrected chi connectivity index (χ0v) is 15.4. The molecule has 1 aliphatic heterocycles. The quantitative estimate of drug-likeness (QED) is 0.867. The first-order valence-electron chi connectivity index (χ1n) is 8.52. The van der Waals surface area contributed by atoms with E-state index in [1.807, 2.05) is 6.92 Å². The SMILES string of the molecule is Cc1ncc(CC(=O)NCC2CCCCN2c2ccc(=O)n(C)n2)s1. The zero-order valence-electron chi connectivity index (χ0n) is 14.6. The molecule has 1 unspecified atom stereocenters. The van der Waals surface area contributed by atoms with Gasteiger partial charge >= 0.3 is 0 Å². The number of aromatic nitrogens is 3. The van der Waals surface area contributed by atoms with Crippen LogP contribution in [-0.4, -0.2) is 39.8 Å². The van der Waals surface area contributed by atoms with E-state index in [1.54, 1.807) is 36.7 Å².